The van der Waals surface area contributed by atoms with Crippen LogP contribution >= 0.6 is 11.3 Å². The summed E-state index contributed by atoms with van der Waals surface area (Å²) in [5.41, 5.74) is 0. The number of carbonyl (C=O) groups excluding carboxylic acids is 1. The Labute approximate surface area is 101 Å². The third kappa shape index (κ3) is 2.85. The molecule has 0 unspecified atom stereocenters. The average molecular weight is 237 g/mol. The van der Waals surface area contributed by atoms with Gasteiger partial charge in [-0.15, -0.1) is 11.3 Å². The quantitative estimate of drug-likeness (QED) is 0.746. The maximum Gasteiger partial charge on any atom is 0.160 e. The zero-order valence-corrected chi connectivity index (χ0v) is 10.6. The lowest BCUT2D eigenvalue weighted by atomic mass is 9.89. The van der Waals surface area contributed by atoms with Gasteiger partial charge in [0.25, 0.3) is 0 Å². The SMILES string of the molecule is CN(CC1CCCCC1)c1ccc(C=O)s1. The second-order valence-corrected chi connectivity index (χ2v) is 5.77. The molecule has 1 fully saturated rings. The molecular formula is C13H19NOS. The van der Waals surface area contributed by atoms with Crippen molar-refractivity contribution >= 4 is 22.6 Å². The molecule has 1 heterocycles. The van der Waals surface area contributed by atoms with Crippen LogP contribution in [-0.4, -0.2) is 19.9 Å². The first-order valence-corrected chi connectivity index (χ1v) is 6.87. The molecule has 0 amide bonds. The molecule has 0 spiro atoms. The monoisotopic (exact) mass is 237 g/mol. The maximum atomic E-state index is 10.6. The first-order chi connectivity index (χ1) is 7.79. The van der Waals surface area contributed by atoms with Crippen LogP contribution in [0.2, 0.25) is 0 Å². The van der Waals surface area contributed by atoms with Crippen molar-refractivity contribution in [2.45, 2.75) is 32.1 Å². The minimum absolute atomic E-state index is 0.825. The van der Waals surface area contributed by atoms with Crippen molar-refractivity contribution in [2.75, 3.05) is 18.5 Å². The van der Waals surface area contributed by atoms with E-state index in [1.54, 1.807) is 11.3 Å². The lowest BCUT2D eigenvalue weighted by Gasteiger charge is -2.27. The van der Waals surface area contributed by atoms with Gasteiger partial charge in [0.2, 0.25) is 0 Å². The van der Waals surface area contributed by atoms with Crippen molar-refractivity contribution in [2.24, 2.45) is 5.92 Å². The largest absolute Gasteiger partial charge is 0.366 e. The summed E-state index contributed by atoms with van der Waals surface area (Å²) in [7, 11) is 2.13. The second-order valence-electron chi connectivity index (χ2n) is 4.68. The van der Waals surface area contributed by atoms with Crippen molar-refractivity contribution in [3.63, 3.8) is 0 Å². The molecule has 16 heavy (non-hydrogen) atoms. The zero-order chi connectivity index (χ0) is 11.4. The van der Waals surface area contributed by atoms with Gasteiger partial charge in [-0.2, -0.15) is 0 Å². The Morgan fingerprint density at radius 2 is 2.12 bits per heavy atom. The highest BCUT2D eigenvalue weighted by Crippen LogP contribution is 2.28. The van der Waals surface area contributed by atoms with Crippen LogP contribution in [0.5, 0.6) is 0 Å². The van der Waals surface area contributed by atoms with Gasteiger partial charge in [0.15, 0.2) is 6.29 Å². The van der Waals surface area contributed by atoms with Crippen molar-refractivity contribution in [3.8, 4) is 0 Å². The van der Waals surface area contributed by atoms with Gasteiger partial charge in [-0.05, 0) is 30.9 Å². The average Bonchev–Trinajstić information content (AvgIpc) is 2.79. The molecule has 88 valence electrons. The van der Waals surface area contributed by atoms with Crippen molar-refractivity contribution in [3.05, 3.63) is 17.0 Å². The molecule has 0 bridgehead atoms. The van der Waals surface area contributed by atoms with E-state index in [4.69, 9.17) is 0 Å². The van der Waals surface area contributed by atoms with Gasteiger partial charge in [-0.1, -0.05) is 19.3 Å². The number of hydrogen-bond donors (Lipinski definition) is 0. The molecule has 0 atom stereocenters. The Hall–Kier alpha value is -0.830. The molecular weight excluding hydrogens is 218 g/mol. The normalized spacial score (nSPS) is 17.3. The van der Waals surface area contributed by atoms with E-state index >= 15 is 0 Å². The van der Waals surface area contributed by atoms with E-state index in [-0.39, 0.29) is 0 Å². The van der Waals surface area contributed by atoms with Crippen LogP contribution in [0.3, 0.4) is 0 Å². The fraction of sp³-hybridized carbons (Fsp3) is 0.615. The summed E-state index contributed by atoms with van der Waals surface area (Å²) in [6.45, 7) is 1.14. The first-order valence-electron chi connectivity index (χ1n) is 6.06. The van der Waals surface area contributed by atoms with E-state index in [1.165, 1.54) is 37.1 Å². The van der Waals surface area contributed by atoms with Crippen molar-refractivity contribution in [1.82, 2.24) is 0 Å². The van der Waals surface area contributed by atoms with E-state index < -0.39 is 0 Å². The van der Waals surface area contributed by atoms with Crippen LogP contribution in [-0.2, 0) is 0 Å². The summed E-state index contributed by atoms with van der Waals surface area (Å²) in [6.07, 6.45) is 7.87. The molecule has 3 heteroatoms. The van der Waals surface area contributed by atoms with Gasteiger partial charge in [0.05, 0.1) is 9.88 Å². The van der Waals surface area contributed by atoms with E-state index in [0.29, 0.717) is 0 Å². The summed E-state index contributed by atoms with van der Waals surface area (Å²) in [6, 6.07) is 3.96. The van der Waals surface area contributed by atoms with Crippen LogP contribution in [0.1, 0.15) is 41.8 Å². The minimum Gasteiger partial charge on any atom is -0.366 e. The molecule has 0 aliphatic heterocycles. The van der Waals surface area contributed by atoms with Crippen LogP contribution in [0, 0.1) is 5.92 Å². The van der Waals surface area contributed by atoms with Crippen molar-refractivity contribution in [1.29, 1.82) is 0 Å². The molecule has 0 saturated heterocycles. The number of nitrogens with zero attached hydrogens (tertiary/aromatic N) is 1. The molecule has 1 saturated carbocycles. The molecule has 1 aromatic rings. The first kappa shape index (κ1) is 11.6. The molecule has 2 nitrogen and oxygen atoms in total. The van der Waals surface area contributed by atoms with Gasteiger partial charge in [0.1, 0.15) is 0 Å². The fourth-order valence-corrected chi connectivity index (χ4v) is 3.25. The Balaban J connectivity index is 1.90. The van der Waals surface area contributed by atoms with Crippen molar-refractivity contribution < 1.29 is 4.79 Å². The number of anilines is 1. The second kappa shape index (κ2) is 5.48. The van der Waals surface area contributed by atoms with Crippen LogP contribution in [0.25, 0.3) is 0 Å². The third-order valence-corrected chi connectivity index (χ3v) is 4.49. The molecule has 0 aromatic carbocycles. The van der Waals surface area contributed by atoms with E-state index in [2.05, 4.69) is 18.0 Å². The van der Waals surface area contributed by atoms with Gasteiger partial charge >= 0.3 is 0 Å². The molecule has 1 aliphatic rings. The maximum absolute atomic E-state index is 10.6. The predicted molar refractivity (Wildman–Crippen MR) is 69.6 cm³/mol. The highest BCUT2D eigenvalue weighted by atomic mass is 32.1. The highest BCUT2D eigenvalue weighted by Gasteiger charge is 2.16. The van der Waals surface area contributed by atoms with Crippen LogP contribution < -0.4 is 4.90 Å². The van der Waals surface area contributed by atoms with E-state index in [9.17, 15) is 4.79 Å². The lowest BCUT2D eigenvalue weighted by Crippen LogP contribution is -2.26. The van der Waals surface area contributed by atoms with Crippen LogP contribution in [0.4, 0.5) is 5.00 Å². The lowest BCUT2D eigenvalue weighted by molar-refractivity contribution is 0.112. The zero-order valence-electron chi connectivity index (χ0n) is 9.82. The Bertz CT molecular complexity index is 341. The van der Waals surface area contributed by atoms with Gasteiger partial charge in [-0.25, -0.2) is 0 Å². The third-order valence-electron chi connectivity index (χ3n) is 3.36. The van der Waals surface area contributed by atoms with Gasteiger partial charge in [-0.3, -0.25) is 4.79 Å². The molecule has 2 rings (SSSR count). The minimum atomic E-state index is 0.825. The molecule has 1 aliphatic carbocycles. The predicted octanol–water partition coefficient (Wildman–Crippen LogP) is 3.58. The Kier molecular flexibility index (Phi) is 3.99. The Morgan fingerprint density at radius 3 is 2.75 bits per heavy atom. The number of thiophene rings is 1. The number of rotatable bonds is 4. The Morgan fingerprint density at radius 1 is 1.38 bits per heavy atom. The number of hydrogen-bond acceptors (Lipinski definition) is 3. The highest BCUT2D eigenvalue weighted by molar-refractivity contribution is 7.17. The summed E-state index contributed by atoms with van der Waals surface area (Å²) >= 11 is 1.59. The van der Waals surface area contributed by atoms with Gasteiger partial charge in [0, 0.05) is 13.6 Å². The summed E-state index contributed by atoms with van der Waals surface area (Å²) in [4.78, 5) is 13.7. The van der Waals surface area contributed by atoms with E-state index in [0.717, 1.165) is 23.6 Å². The van der Waals surface area contributed by atoms with E-state index in [1.807, 2.05) is 6.07 Å². The van der Waals surface area contributed by atoms with Gasteiger partial charge < -0.3 is 4.90 Å². The smallest absolute Gasteiger partial charge is 0.160 e. The number of aldehydes is 1. The summed E-state index contributed by atoms with van der Waals surface area (Å²) < 4.78 is 0. The number of carbonyl (C=O) groups is 1. The molecule has 0 N–H and O–H groups in total. The standard InChI is InChI=1S/C13H19NOS/c1-14(9-11-5-3-2-4-6-11)13-8-7-12(10-15)16-13/h7-8,10-11H,2-6,9H2,1H3. The molecule has 0 radical (unpaired) electrons. The molecule has 1 aromatic heterocycles. The topological polar surface area (TPSA) is 20.3 Å². The van der Waals surface area contributed by atoms with Crippen LogP contribution in [0.15, 0.2) is 12.1 Å². The summed E-state index contributed by atoms with van der Waals surface area (Å²) in [5, 5.41) is 1.22. The fourth-order valence-electron chi connectivity index (χ4n) is 2.46. The summed E-state index contributed by atoms with van der Waals surface area (Å²) in [5.74, 6) is 0.848.